The van der Waals surface area contributed by atoms with Crippen molar-refractivity contribution in [2.75, 3.05) is 10.0 Å². The molecular weight excluding hydrogens is 334 g/mol. The number of hydrogen-bond acceptors (Lipinski definition) is 4. The highest BCUT2D eigenvalue weighted by Gasteiger charge is 2.13. The molecule has 2 N–H and O–H groups in total. The molecule has 0 saturated carbocycles. The van der Waals surface area contributed by atoms with Crippen molar-refractivity contribution in [3.05, 3.63) is 78.0 Å². The Bertz CT molecular complexity index is 969. The van der Waals surface area contributed by atoms with Crippen molar-refractivity contribution in [3.63, 3.8) is 0 Å². The number of nitrogens with one attached hydrogen (secondary N) is 2. The maximum atomic E-state index is 12.3. The molecule has 0 unspecified atom stereocenters. The zero-order valence-electron chi connectivity index (χ0n) is 14.0. The third-order valence-electron chi connectivity index (χ3n) is 3.85. The van der Waals surface area contributed by atoms with Gasteiger partial charge in [0.25, 0.3) is 10.0 Å². The van der Waals surface area contributed by atoms with E-state index in [1.165, 1.54) is 23.3 Å². The van der Waals surface area contributed by atoms with Crippen molar-refractivity contribution in [1.82, 2.24) is 4.98 Å². The first-order valence-electron chi connectivity index (χ1n) is 7.82. The predicted molar refractivity (Wildman–Crippen MR) is 101 cm³/mol. The van der Waals surface area contributed by atoms with Gasteiger partial charge in [-0.2, -0.15) is 0 Å². The number of pyridine rings is 1. The zero-order valence-corrected chi connectivity index (χ0v) is 14.8. The normalized spacial score (nSPS) is 11.1. The van der Waals surface area contributed by atoms with Gasteiger partial charge >= 0.3 is 0 Å². The lowest BCUT2D eigenvalue weighted by atomic mass is 10.1. The third kappa shape index (κ3) is 4.16. The highest BCUT2D eigenvalue weighted by Crippen LogP contribution is 2.21. The van der Waals surface area contributed by atoms with E-state index >= 15 is 0 Å². The molecule has 0 aliphatic heterocycles. The van der Waals surface area contributed by atoms with Crippen LogP contribution in [0.4, 0.5) is 17.2 Å². The summed E-state index contributed by atoms with van der Waals surface area (Å²) in [5.74, 6) is 0.273. The Morgan fingerprint density at radius 3 is 2.20 bits per heavy atom. The molecule has 3 aromatic rings. The van der Waals surface area contributed by atoms with Crippen molar-refractivity contribution >= 4 is 27.2 Å². The fourth-order valence-corrected chi connectivity index (χ4v) is 3.34. The summed E-state index contributed by atoms with van der Waals surface area (Å²) in [4.78, 5) is 4.38. The van der Waals surface area contributed by atoms with Crippen molar-refractivity contribution in [2.45, 2.75) is 18.7 Å². The average Bonchev–Trinajstić information content (AvgIpc) is 2.60. The maximum absolute atomic E-state index is 12.3. The van der Waals surface area contributed by atoms with E-state index in [2.05, 4.69) is 34.9 Å². The molecule has 0 atom stereocenters. The molecule has 128 valence electrons. The van der Waals surface area contributed by atoms with Crippen LogP contribution in [0.5, 0.6) is 0 Å². The second kappa shape index (κ2) is 6.94. The average molecular weight is 353 g/mol. The summed E-state index contributed by atoms with van der Waals surface area (Å²) in [5.41, 5.74) is 4.17. The van der Waals surface area contributed by atoms with E-state index in [4.69, 9.17) is 0 Å². The second-order valence-corrected chi connectivity index (χ2v) is 7.46. The Morgan fingerprint density at radius 2 is 1.56 bits per heavy atom. The molecule has 3 rings (SSSR count). The Balaban J connectivity index is 1.73. The van der Waals surface area contributed by atoms with Crippen LogP contribution in [-0.4, -0.2) is 13.4 Å². The second-order valence-electron chi connectivity index (χ2n) is 5.77. The minimum Gasteiger partial charge on any atom is -0.354 e. The van der Waals surface area contributed by atoms with Gasteiger partial charge in [0.1, 0.15) is 5.82 Å². The minimum atomic E-state index is -3.63. The third-order valence-corrected chi connectivity index (χ3v) is 5.22. The first kappa shape index (κ1) is 17.0. The zero-order chi connectivity index (χ0) is 17.9. The van der Waals surface area contributed by atoms with Crippen LogP contribution in [0.2, 0.25) is 0 Å². The van der Waals surface area contributed by atoms with Crippen LogP contribution in [0, 0.1) is 13.8 Å². The molecule has 25 heavy (non-hydrogen) atoms. The van der Waals surface area contributed by atoms with E-state index < -0.39 is 10.0 Å². The van der Waals surface area contributed by atoms with Gasteiger partial charge in [-0.15, -0.1) is 0 Å². The molecule has 0 radical (unpaired) electrons. The van der Waals surface area contributed by atoms with Gasteiger partial charge in [0.2, 0.25) is 0 Å². The van der Waals surface area contributed by atoms with Crippen LogP contribution in [0.3, 0.4) is 0 Å². The fraction of sp³-hybridized carbons (Fsp3) is 0.105. The molecule has 0 spiro atoms. The van der Waals surface area contributed by atoms with E-state index in [0.717, 1.165) is 11.4 Å². The van der Waals surface area contributed by atoms with Crippen LogP contribution >= 0.6 is 0 Å². The van der Waals surface area contributed by atoms with Gasteiger partial charge in [-0.3, -0.25) is 4.72 Å². The number of sulfonamides is 1. The quantitative estimate of drug-likeness (QED) is 0.719. The molecule has 0 aliphatic carbocycles. The molecule has 5 nitrogen and oxygen atoms in total. The summed E-state index contributed by atoms with van der Waals surface area (Å²) in [6.07, 6.45) is 1.60. The van der Waals surface area contributed by atoms with Crippen LogP contribution in [0.25, 0.3) is 0 Å². The highest BCUT2D eigenvalue weighted by molar-refractivity contribution is 7.92. The van der Waals surface area contributed by atoms with E-state index in [0.29, 0.717) is 0 Å². The van der Waals surface area contributed by atoms with Crippen LogP contribution in [0.15, 0.2) is 71.8 Å². The molecule has 0 saturated heterocycles. The number of rotatable bonds is 5. The largest absolute Gasteiger partial charge is 0.354 e. The van der Waals surface area contributed by atoms with Gasteiger partial charge in [0, 0.05) is 5.69 Å². The number of anilines is 3. The number of aromatic nitrogens is 1. The summed E-state index contributed by atoms with van der Waals surface area (Å²) < 4.78 is 27.0. The lowest BCUT2D eigenvalue weighted by Crippen LogP contribution is -2.13. The van der Waals surface area contributed by atoms with Gasteiger partial charge in [-0.25, -0.2) is 13.4 Å². The monoisotopic (exact) mass is 353 g/mol. The van der Waals surface area contributed by atoms with Crippen molar-refractivity contribution in [1.29, 1.82) is 0 Å². The van der Waals surface area contributed by atoms with Crippen LogP contribution < -0.4 is 10.0 Å². The van der Waals surface area contributed by atoms with Crippen molar-refractivity contribution in [2.24, 2.45) is 0 Å². The molecule has 1 aromatic heterocycles. The topological polar surface area (TPSA) is 71.1 Å². The van der Waals surface area contributed by atoms with E-state index in [1.807, 2.05) is 12.1 Å². The molecule has 0 amide bonds. The maximum Gasteiger partial charge on any atom is 0.263 e. The van der Waals surface area contributed by atoms with Crippen LogP contribution in [-0.2, 0) is 10.0 Å². The standard InChI is InChI=1S/C19H19N3O2S/c1-14-8-9-16(12-15(14)2)21-17-10-11-19(20-13-17)22-25(23,24)18-6-4-3-5-7-18/h3-13,21H,1-2H3,(H,20,22). The molecule has 0 bridgehead atoms. The Kier molecular flexibility index (Phi) is 4.72. The lowest BCUT2D eigenvalue weighted by molar-refractivity contribution is 0.601. The molecular formula is C19H19N3O2S. The fourth-order valence-electron chi connectivity index (χ4n) is 2.31. The number of aryl methyl sites for hydroxylation is 2. The molecule has 1 heterocycles. The summed E-state index contributed by atoms with van der Waals surface area (Å²) in [6.45, 7) is 4.12. The summed E-state index contributed by atoms with van der Waals surface area (Å²) >= 11 is 0. The molecule has 0 fully saturated rings. The van der Waals surface area contributed by atoms with Gasteiger partial charge in [-0.1, -0.05) is 24.3 Å². The van der Waals surface area contributed by atoms with Crippen LogP contribution in [0.1, 0.15) is 11.1 Å². The van der Waals surface area contributed by atoms with E-state index in [9.17, 15) is 8.42 Å². The van der Waals surface area contributed by atoms with Gasteiger partial charge < -0.3 is 5.32 Å². The highest BCUT2D eigenvalue weighted by atomic mass is 32.2. The smallest absolute Gasteiger partial charge is 0.263 e. The molecule has 0 aliphatic rings. The van der Waals surface area contributed by atoms with Gasteiger partial charge in [-0.05, 0) is 61.4 Å². The number of hydrogen-bond donors (Lipinski definition) is 2. The lowest BCUT2D eigenvalue weighted by Gasteiger charge is -2.10. The molecule has 2 aromatic carbocycles. The first-order chi connectivity index (χ1) is 11.9. The van der Waals surface area contributed by atoms with Gasteiger partial charge in [0.05, 0.1) is 16.8 Å². The van der Waals surface area contributed by atoms with Crippen molar-refractivity contribution in [3.8, 4) is 0 Å². The molecule has 6 heteroatoms. The minimum absolute atomic E-state index is 0.203. The summed E-state index contributed by atoms with van der Waals surface area (Å²) in [7, 11) is -3.63. The Morgan fingerprint density at radius 1 is 0.840 bits per heavy atom. The summed E-state index contributed by atoms with van der Waals surface area (Å²) in [5, 5.41) is 3.25. The first-order valence-corrected chi connectivity index (χ1v) is 9.30. The Hall–Kier alpha value is -2.86. The van der Waals surface area contributed by atoms with Crippen molar-refractivity contribution < 1.29 is 8.42 Å². The number of nitrogens with zero attached hydrogens (tertiary/aromatic N) is 1. The SMILES string of the molecule is Cc1ccc(Nc2ccc(NS(=O)(=O)c3ccccc3)nc2)cc1C. The van der Waals surface area contributed by atoms with E-state index in [-0.39, 0.29) is 10.7 Å². The number of benzene rings is 2. The van der Waals surface area contributed by atoms with E-state index in [1.54, 1.807) is 36.5 Å². The predicted octanol–water partition coefficient (Wildman–Crippen LogP) is 4.24. The van der Waals surface area contributed by atoms with Gasteiger partial charge in [0.15, 0.2) is 0 Å². The summed E-state index contributed by atoms with van der Waals surface area (Å²) in [6, 6.07) is 17.7. The Labute approximate surface area is 147 Å².